The minimum atomic E-state index is -0.627. The number of rotatable bonds is 6. The molecular weight excluding hydrogens is 479 g/mol. The van der Waals surface area contributed by atoms with Crippen molar-refractivity contribution in [1.29, 1.82) is 10.8 Å². The Labute approximate surface area is 215 Å². The number of benzene rings is 2. The molecule has 4 rings (SSSR count). The first-order chi connectivity index (χ1) is 17.3. The van der Waals surface area contributed by atoms with Crippen LogP contribution in [0, 0.1) is 16.6 Å². The molecule has 0 aromatic heterocycles. The minimum Gasteiger partial charge on any atom is -0.507 e. The van der Waals surface area contributed by atoms with E-state index in [0.717, 1.165) is 18.4 Å². The summed E-state index contributed by atoms with van der Waals surface area (Å²) in [6, 6.07) is 7.21. The number of amidine groups is 1. The molecule has 0 spiro atoms. The van der Waals surface area contributed by atoms with Crippen molar-refractivity contribution < 1.29 is 14.3 Å². The topological polar surface area (TPSA) is 91.5 Å². The zero-order chi connectivity index (χ0) is 25.8. The van der Waals surface area contributed by atoms with Gasteiger partial charge in [0.15, 0.2) is 0 Å². The predicted molar refractivity (Wildman–Crippen MR) is 142 cm³/mol. The van der Waals surface area contributed by atoms with Crippen LogP contribution in [0.3, 0.4) is 0 Å². The molecule has 3 N–H and O–H groups in total. The van der Waals surface area contributed by atoms with E-state index in [1.165, 1.54) is 24.3 Å². The molecular formula is C28H28ClFN4O2. The molecule has 0 saturated carbocycles. The van der Waals surface area contributed by atoms with Crippen LogP contribution in [-0.4, -0.2) is 58.5 Å². The second-order valence-corrected chi connectivity index (χ2v) is 9.20. The van der Waals surface area contributed by atoms with Crippen LogP contribution < -0.4 is 0 Å². The lowest BCUT2D eigenvalue weighted by Gasteiger charge is -2.36. The number of carbonyl (C=O) groups excluding carboxylic acids is 1. The van der Waals surface area contributed by atoms with E-state index in [4.69, 9.17) is 22.4 Å². The molecule has 1 aliphatic carbocycles. The molecule has 186 valence electrons. The zero-order valence-corrected chi connectivity index (χ0v) is 20.6. The highest BCUT2D eigenvalue weighted by Crippen LogP contribution is 2.38. The van der Waals surface area contributed by atoms with Gasteiger partial charge in [0.05, 0.1) is 5.56 Å². The van der Waals surface area contributed by atoms with Gasteiger partial charge in [0.1, 0.15) is 17.4 Å². The Morgan fingerprint density at radius 1 is 1.11 bits per heavy atom. The van der Waals surface area contributed by atoms with E-state index in [1.54, 1.807) is 17.0 Å². The molecule has 0 unspecified atom stereocenters. The average Bonchev–Trinajstić information content (AvgIpc) is 2.89. The van der Waals surface area contributed by atoms with Gasteiger partial charge >= 0.3 is 0 Å². The molecule has 0 atom stereocenters. The minimum absolute atomic E-state index is 0.0389. The summed E-state index contributed by atoms with van der Waals surface area (Å²) in [5.74, 6) is -0.842. The first kappa shape index (κ1) is 25.4. The number of aromatic hydroxyl groups is 1. The third-order valence-corrected chi connectivity index (χ3v) is 6.80. The highest BCUT2D eigenvalue weighted by Gasteiger charge is 2.26. The van der Waals surface area contributed by atoms with E-state index in [1.807, 2.05) is 11.0 Å². The molecule has 1 heterocycles. The van der Waals surface area contributed by atoms with Crippen molar-refractivity contribution in [3.05, 3.63) is 88.8 Å². The number of amides is 1. The van der Waals surface area contributed by atoms with Crippen molar-refractivity contribution in [2.24, 2.45) is 0 Å². The number of halogens is 2. The summed E-state index contributed by atoms with van der Waals surface area (Å²) >= 11 is 6.59. The lowest BCUT2D eigenvalue weighted by Crippen LogP contribution is -2.50. The van der Waals surface area contributed by atoms with E-state index in [0.29, 0.717) is 43.7 Å². The van der Waals surface area contributed by atoms with Gasteiger partial charge in [0, 0.05) is 60.0 Å². The number of phenolic OH excluding ortho intramolecular Hbond substituents is 1. The molecule has 2 aliphatic rings. The van der Waals surface area contributed by atoms with Crippen LogP contribution in [0.4, 0.5) is 4.39 Å². The summed E-state index contributed by atoms with van der Waals surface area (Å²) in [6.07, 6.45) is 9.66. The lowest BCUT2D eigenvalue weighted by atomic mass is 9.91. The largest absolute Gasteiger partial charge is 0.507 e. The van der Waals surface area contributed by atoms with Crippen LogP contribution in [0.2, 0.25) is 5.02 Å². The molecule has 36 heavy (non-hydrogen) atoms. The maximum Gasteiger partial charge on any atom is 0.246 e. The smallest absolute Gasteiger partial charge is 0.246 e. The Kier molecular flexibility index (Phi) is 7.70. The number of piperazine rings is 1. The normalized spacial score (nSPS) is 15.4. The van der Waals surface area contributed by atoms with Gasteiger partial charge in [-0.1, -0.05) is 42.5 Å². The molecule has 8 heteroatoms. The molecule has 0 radical (unpaired) electrons. The maximum atomic E-state index is 14.7. The van der Waals surface area contributed by atoms with Crippen LogP contribution >= 0.6 is 11.6 Å². The Morgan fingerprint density at radius 3 is 2.47 bits per heavy atom. The number of phenols is 1. The van der Waals surface area contributed by atoms with E-state index >= 15 is 0 Å². The van der Waals surface area contributed by atoms with Crippen molar-refractivity contribution in [3.63, 3.8) is 0 Å². The van der Waals surface area contributed by atoms with E-state index in [9.17, 15) is 14.3 Å². The molecule has 1 amide bonds. The number of allylic oxidation sites excluding steroid dienone is 4. The lowest BCUT2D eigenvalue weighted by molar-refractivity contribution is -0.127. The van der Waals surface area contributed by atoms with Gasteiger partial charge < -0.3 is 20.3 Å². The van der Waals surface area contributed by atoms with Gasteiger partial charge in [0.2, 0.25) is 5.91 Å². The number of nitrogens with zero attached hydrogens (tertiary/aromatic N) is 2. The van der Waals surface area contributed by atoms with Crippen molar-refractivity contribution in [2.45, 2.75) is 19.3 Å². The molecule has 0 bridgehead atoms. The monoisotopic (exact) mass is 506 g/mol. The second kappa shape index (κ2) is 10.9. The first-order valence-electron chi connectivity index (χ1n) is 11.8. The van der Waals surface area contributed by atoms with Crippen molar-refractivity contribution in [1.82, 2.24) is 9.80 Å². The van der Waals surface area contributed by atoms with Gasteiger partial charge in [-0.05, 0) is 48.8 Å². The van der Waals surface area contributed by atoms with E-state index in [-0.39, 0.29) is 39.4 Å². The van der Waals surface area contributed by atoms with Gasteiger partial charge in [-0.25, -0.2) is 4.39 Å². The first-order valence-corrected chi connectivity index (χ1v) is 12.2. The summed E-state index contributed by atoms with van der Waals surface area (Å²) in [5.41, 5.74) is 2.40. The Morgan fingerprint density at radius 2 is 1.83 bits per heavy atom. The van der Waals surface area contributed by atoms with E-state index < -0.39 is 5.82 Å². The Hall–Kier alpha value is -3.71. The molecule has 1 fully saturated rings. The van der Waals surface area contributed by atoms with Crippen molar-refractivity contribution in [3.8, 4) is 16.9 Å². The molecule has 6 nitrogen and oxygen atoms in total. The molecule has 1 saturated heterocycles. The highest BCUT2D eigenvalue weighted by atomic mass is 35.5. The van der Waals surface area contributed by atoms with Crippen LogP contribution in [0.25, 0.3) is 11.1 Å². The summed E-state index contributed by atoms with van der Waals surface area (Å²) in [6.45, 7) is 5.34. The van der Waals surface area contributed by atoms with Gasteiger partial charge in [-0.15, -0.1) is 0 Å². The van der Waals surface area contributed by atoms with E-state index in [2.05, 4.69) is 18.7 Å². The van der Waals surface area contributed by atoms with Crippen LogP contribution in [0.1, 0.15) is 30.4 Å². The van der Waals surface area contributed by atoms with Gasteiger partial charge in [-0.2, -0.15) is 0 Å². The van der Waals surface area contributed by atoms with Crippen LogP contribution in [0.15, 0.2) is 66.8 Å². The summed E-state index contributed by atoms with van der Waals surface area (Å²) < 4.78 is 14.7. The fourth-order valence-corrected chi connectivity index (χ4v) is 4.80. The number of nitrogens with one attached hydrogen (secondary N) is 2. The fourth-order valence-electron chi connectivity index (χ4n) is 4.54. The fraction of sp³-hybridized carbons (Fsp3) is 0.250. The van der Waals surface area contributed by atoms with Gasteiger partial charge in [-0.3, -0.25) is 10.2 Å². The van der Waals surface area contributed by atoms with Crippen LogP contribution in [0.5, 0.6) is 5.75 Å². The third-order valence-electron chi connectivity index (χ3n) is 6.48. The highest BCUT2D eigenvalue weighted by molar-refractivity contribution is 6.34. The standard InChI is InChI=1S/C28H28ClFN4O2/c1-2-26(36)33-11-13-34(14-12-33)28(32)20-17-22(29)21(27-23(30)9-6-10-25(27)35)16-19(20)24(31)15-18-7-4-3-5-8-18/h2,4,6-10,16-17,31-32,35H,1,3,5,11-15H2. The SMILES string of the molecule is C=CC(=O)N1CCN(C(=N)c2cc(Cl)c(-c3c(O)cccc3F)cc2C(=N)CC2=CCCC=C2)CC1. The molecule has 2 aromatic carbocycles. The number of carbonyl (C=O) groups is 1. The third kappa shape index (κ3) is 5.26. The summed E-state index contributed by atoms with van der Waals surface area (Å²) in [7, 11) is 0. The predicted octanol–water partition coefficient (Wildman–Crippen LogP) is 5.54. The Balaban J connectivity index is 1.73. The summed E-state index contributed by atoms with van der Waals surface area (Å²) in [5, 5.41) is 28.4. The number of hydrogen-bond donors (Lipinski definition) is 3. The van der Waals surface area contributed by atoms with Gasteiger partial charge in [0.25, 0.3) is 0 Å². The second-order valence-electron chi connectivity index (χ2n) is 8.79. The maximum absolute atomic E-state index is 14.7. The van der Waals surface area contributed by atoms with Crippen molar-refractivity contribution in [2.75, 3.05) is 26.2 Å². The number of hydrogen-bond acceptors (Lipinski definition) is 4. The Bertz CT molecular complexity index is 1270. The molecule has 1 aliphatic heterocycles. The molecule has 2 aromatic rings. The quantitative estimate of drug-likeness (QED) is 0.273. The van der Waals surface area contributed by atoms with Crippen LogP contribution in [-0.2, 0) is 4.79 Å². The summed E-state index contributed by atoms with van der Waals surface area (Å²) in [4.78, 5) is 15.5. The zero-order valence-electron chi connectivity index (χ0n) is 19.9. The average molecular weight is 507 g/mol. The van der Waals surface area contributed by atoms with Crippen molar-refractivity contribution >= 4 is 29.1 Å².